The third-order valence-corrected chi connectivity index (χ3v) is 3.98. The number of benzene rings is 2. The predicted molar refractivity (Wildman–Crippen MR) is 88.8 cm³/mol. The maximum Gasteiger partial charge on any atom is 0.143 e. The smallest absolute Gasteiger partial charge is 0.143 e. The van der Waals surface area contributed by atoms with Crippen LogP contribution in [0.4, 0.5) is 5.69 Å². The molecule has 1 N–H and O–H groups in total. The lowest BCUT2D eigenvalue weighted by molar-refractivity contribution is 0.122. The maximum atomic E-state index is 9.41. The van der Waals surface area contributed by atoms with Gasteiger partial charge in [-0.25, -0.2) is 0 Å². The van der Waals surface area contributed by atoms with Crippen molar-refractivity contribution in [3.05, 3.63) is 36.4 Å². The zero-order valence-corrected chi connectivity index (χ0v) is 13.0. The minimum absolute atomic E-state index is 0.340. The van der Waals surface area contributed by atoms with Crippen LogP contribution in [0.15, 0.2) is 36.4 Å². The first-order valence-electron chi connectivity index (χ1n) is 7.91. The van der Waals surface area contributed by atoms with E-state index in [1.54, 1.807) is 6.92 Å². The van der Waals surface area contributed by atoms with E-state index in [0.717, 1.165) is 37.7 Å². The molecule has 1 heterocycles. The topological polar surface area (TPSA) is 41.9 Å². The van der Waals surface area contributed by atoms with Crippen LogP contribution in [-0.4, -0.2) is 44.1 Å². The van der Waals surface area contributed by atoms with E-state index < -0.39 is 0 Å². The van der Waals surface area contributed by atoms with Gasteiger partial charge in [-0.05, 0) is 18.4 Å². The number of ether oxygens (including phenoxy) is 2. The quantitative estimate of drug-likeness (QED) is 0.922. The minimum atomic E-state index is -0.340. The molecular formula is C18H23NO3. The van der Waals surface area contributed by atoms with Gasteiger partial charge in [0, 0.05) is 24.9 Å². The Labute approximate surface area is 131 Å². The average molecular weight is 301 g/mol. The standard InChI is InChI=1S/C18H23NO3/c1-14(20)8-11-22-17-7-6-15-4-2-3-5-16(15)18(17)19-9-12-21-13-10-19/h2-7,14,20H,8-13H2,1H3. The molecule has 1 fully saturated rings. The van der Waals surface area contributed by atoms with Crippen LogP contribution in [-0.2, 0) is 4.74 Å². The summed E-state index contributed by atoms with van der Waals surface area (Å²) in [5, 5.41) is 11.8. The summed E-state index contributed by atoms with van der Waals surface area (Å²) in [5.41, 5.74) is 1.15. The molecule has 1 aliphatic rings. The van der Waals surface area contributed by atoms with Gasteiger partial charge >= 0.3 is 0 Å². The molecular weight excluding hydrogens is 278 g/mol. The first-order valence-corrected chi connectivity index (χ1v) is 7.91. The largest absolute Gasteiger partial charge is 0.491 e. The third kappa shape index (κ3) is 3.34. The number of aliphatic hydroxyl groups excluding tert-OH is 1. The highest BCUT2D eigenvalue weighted by Crippen LogP contribution is 2.37. The van der Waals surface area contributed by atoms with Gasteiger partial charge in [-0.1, -0.05) is 30.3 Å². The molecule has 1 unspecified atom stereocenters. The van der Waals surface area contributed by atoms with Crippen molar-refractivity contribution in [2.24, 2.45) is 0 Å². The SMILES string of the molecule is CC(O)CCOc1ccc2ccccc2c1N1CCOCC1. The fourth-order valence-electron chi connectivity index (χ4n) is 2.80. The fourth-order valence-corrected chi connectivity index (χ4v) is 2.80. The van der Waals surface area contributed by atoms with Crippen LogP contribution in [0.1, 0.15) is 13.3 Å². The molecule has 4 nitrogen and oxygen atoms in total. The lowest BCUT2D eigenvalue weighted by Gasteiger charge is -2.31. The molecule has 22 heavy (non-hydrogen) atoms. The van der Waals surface area contributed by atoms with E-state index in [1.165, 1.54) is 10.8 Å². The Morgan fingerprint density at radius 2 is 1.95 bits per heavy atom. The third-order valence-electron chi connectivity index (χ3n) is 3.98. The van der Waals surface area contributed by atoms with Crippen LogP contribution < -0.4 is 9.64 Å². The second-order valence-corrected chi connectivity index (χ2v) is 5.72. The molecule has 3 rings (SSSR count). The molecule has 2 aromatic carbocycles. The van der Waals surface area contributed by atoms with Gasteiger partial charge in [0.1, 0.15) is 5.75 Å². The lowest BCUT2D eigenvalue weighted by Crippen LogP contribution is -2.36. The second-order valence-electron chi connectivity index (χ2n) is 5.72. The average Bonchev–Trinajstić information content (AvgIpc) is 2.55. The molecule has 1 aliphatic heterocycles. The molecule has 2 aromatic rings. The molecule has 0 amide bonds. The van der Waals surface area contributed by atoms with Gasteiger partial charge < -0.3 is 19.5 Å². The van der Waals surface area contributed by atoms with Crippen molar-refractivity contribution in [1.82, 2.24) is 0 Å². The number of hydrogen-bond donors (Lipinski definition) is 1. The van der Waals surface area contributed by atoms with Crippen LogP contribution in [0.5, 0.6) is 5.75 Å². The van der Waals surface area contributed by atoms with Crippen LogP contribution in [0.25, 0.3) is 10.8 Å². The van der Waals surface area contributed by atoms with Crippen molar-refractivity contribution in [2.75, 3.05) is 37.8 Å². The van der Waals surface area contributed by atoms with Gasteiger partial charge in [-0.3, -0.25) is 0 Å². The van der Waals surface area contributed by atoms with Crippen molar-refractivity contribution >= 4 is 16.5 Å². The van der Waals surface area contributed by atoms with Crippen molar-refractivity contribution < 1.29 is 14.6 Å². The Balaban J connectivity index is 1.95. The molecule has 4 heteroatoms. The molecule has 0 aliphatic carbocycles. The summed E-state index contributed by atoms with van der Waals surface area (Å²) >= 11 is 0. The van der Waals surface area contributed by atoms with Crippen molar-refractivity contribution in [3.63, 3.8) is 0 Å². The fraction of sp³-hybridized carbons (Fsp3) is 0.444. The van der Waals surface area contributed by atoms with E-state index in [2.05, 4.69) is 35.2 Å². The highest BCUT2D eigenvalue weighted by Gasteiger charge is 2.18. The number of hydrogen-bond acceptors (Lipinski definition) is 4. The summed E-state index contributed by atoms with van der Waals surface area (Å²) in [6.07, 6.45) is 0.294. The van der Waals surface area contributed by atoms with Gasteiger partial charge in [0.2, 0.25) is 0 Å². The summed E-state index contributed by atoms with van der Waals surface area (Å²) in [6, 6.07) is 12.5. The summed E-state index contributed by atoms with van der Waals surface area (Å²) in [5.74, 6) is 0.890. The highest BCUT2D eigenvalue weighted by atomic mass is 16.5. The Morgan fingerprint density at radius 1 is 1.18 bits per heavy atom. The highest BCUT2D eigenvalue weighted by molar-refractivity contribution is 5.97. The number of aliphatic hydroxyl groups is 1. The van der Waals surface area contributed by atoms with E-state index in [0.29, 0.717) is 13.0 Å². The molecule has 1 atom stereocenters. The summed E-state index contributed by atoms with van der Waals surface area (Å²) < 4.78 is 11.4. The molecule has 0 bridgehead atoms. The van der Waals surface area contributed by atoms with E-state index in [-0.39, 0.29) is 6.10 Å². The zero-order chi connectivity index (χ0) is 15.4. The monoisotopic (exact) mass is 301 g/mol. The number of rotatable bonds is 5. The summed E-state index contributed by atoms with van der Waals surface area (Å²) in [4.78, 5) is 2.34. The van der Waals surface area contributed by atoms with Crippen LogP contribution in [0.2, 0.25) is 0 Å². The van der Waals surface area contributed by atoms with Crippen molar-refractivity contribution in [1.29, 1.82) is 0 Å². The molecule has 0 spiro atoms. The predicted octanol–water partition coefficient (Wildman–Crippen LogP) is 2.83. The van der Waals surface area contributed by atoms with Crippen LogP contribution >= 0.6 is 0 Å². The number of morpholine rings is 1. The van der Waals surface area contributed by atoms with Gasteiger partial charge in [0.15, 0.2) is 0 Å². The second kappa shape index (κ2) is 6.99. The molecule has 118 valence electrons. The lowest BCUT2D eigenvalue weighted by atomic mass is 10.1. The van der Waals surface area contributed by atoms with Crippen LogP contribution in [0.3, 0.4) is 0 Å². The Hall–Kier alpha value is -1.78. The van der Waals surface area contributed by atoms with E-state index in [1.807, 2.05) is 6.07 Å². The van der Waals surface area contributed by atoms with E-state index in [9.17, 15) is 5.11 Å². The van der Waals surface area contributed by atoms with Gasteiger partial charge in [-0.2, -0.15) is 0 Å². The van der Waals surface area contributed by atoms with Crippen molar-refractivity contribution in [3.8, 4) is 5.75 Å². The van der Waals surface area contributed by atoms with Gasteiger partial charge in [0.25, 0.3) is 0 Å². The molecule has 1 saturated heterocycles. The normalized spacial score (nSPS) is 16.7. The van der Waals surface area contributed by atoms with Gasteiger partial charge in [0.05, 0.1) is 31.6 Å². The number of fused-ring (bicyclic) bond motifs is 1. The molecule has 0 radical (unpaired) electrons. The van der Waals surface area contributed by atoms with Crippen molar-refractivity contribution in [2.45, 2.75) is 19.4 Å². The zero-order valence-electron chi connectivity index (χ0n) is 13.0. The number of nitrogens with zero attached hydrogens (tertiary/aromatic N) is 1. The molecule has 0 saturated carbocycles. The molecule has 0 aromatic heterocycles. The van der Waals surface area contributed by atoms with Gasteiger partial charge in [-0.15, -0.1) is 0 Å². The Morgan fingerprint density at radius 3 is 2.73 bits per heavy atom. The number of anilines is 1. The van der Waals surface area contributed by atoms with E-state index in [4.69, 9.17) is 9.47 Å². The summed E-state index contributed by atoms with van der Waals surface area (Å²) in [6.45, 7) is 5.55. The maximum absolute atomic E-state index is 9.41. The first kappa shape index (κ1) is 15.1. The first-order chi connectivity index (χ1) is 10.8. The Kier molecular flexibility index (Phi) is 4.80. The minimum Gasteiger partial charge on any atom is -0.491 e. The Bertz CT molecular complexity index is 621. The van der Waals surface area contributed by atoms with E-state index >= 15 is 0 Å². The van der Waals surface area contributed by atoms with Crippen LogP contribution in [0, 0.1) is 0 Å². The summed E-state index contributed by atoms with van der Waals surface area (Å²) in [7, 11) is 0.